The van der Waals surface area contributed by atoms with Gasteiger partial charge in [-0.1, -0.05) is 50.6 Å². The van der Waals surface area contributed by atoms with Crippen molar-refractivity contribution in [3.63, 3.8) is 0 Å². The van der Waals surface area contributed by atoms with E-state index in [1.807, 2.05) is 45.0 Å². The molecule has 7 nitrogen and oxygen atoms in total. The van der Waals surface area contributed by atoms with E-state index in [2.05, 4.69) is 16.0 Å². The van der Waals surface area contributed by atoms with Crippen molar-refractivity contribution in [2.45, 2.75) is 39.6 Å². The summed E-state index contributed by atoms with van der Waals surface area (Å²) in [6, 6.07) is 10.7. The topological polar surface area (TPSA) is 99.7 Å². The molecule has 1 aliphatic heterocycles. The van der Waals surface area contributed by atoms with Crippen LogP contribution in [0.3, 0.4) is 0 Å². The van der Waals surface area contributed by atoms with Crippen LogP contribution in [0.5, 0.6) is 5.75 Å². The van der Waals surface area contributed by atoms with Crippen LogP contribution >= 0.6 is 11.6 Å². The minimum Gasteiger partial charge on any atom is -0.496 e. The summed E-state index contributed by atoms with van der Waals surface area (Å²) in [6.45, 7) is 6.55. The average molecular weight is 456 g/mol. The first-order valence-electron chi connectivity index (χ1n) is 10.4. The zero-order chi connectivity index (χ0) is 23.2. The third-order valence-corrected chi connectivity index (χ3v) is 6.17. The van der Waals surface area contributed by atoms with E-state index >= 15 is 0 Å². The third-order valence-electron chi connectivity index (χ3n) is 5.82. The van der Waals surface area contributed by atoms with Gasteiger partial charge in [-0.3, -0.25) is 14.9 Å². The fourth-order valence-corrected chi connectivity index (χ4v) is 4.36. The van der Waals surface area contributed by atoms with Gasteiger partial charge in [0, 0.05) is 28.4 Å². The first-order chi connectivity index (χ1) is 15.1. The van der Waals surface area contributed by atoms with E-state index in [9.17, 15) is 14.7 Å². The van der Waals surface area contributed by atoms with E-state index in [1.54, 1.807) is 19.2 Å². The second-order valence-electron chi connectivity index (χ2n) is 8.99. The van der Waals surface area contributed by atoms with E-state index in [1.165, 1.54) is 0 Å². The highest BCUT2D eigenvalue weighted by Gasteiger charge is 2.33. The summed E-state index contributed by atoms with van der Waals surface area (Å²) in [4.78, 5) is 25.0. The van der Waals surface area contributed by atoms with Crippen molar-refractivity contribution in [3.8, 4) is 5.75 Å². The zero-order valence-electron chi connectivity index (χ0n) is 18.4. The molecule has 0 saturated carbocycles. The number of rotatable bonds is 6. The molecule has 1 aliphatic rings. The van der Waals surface area contributed by atoms with Crippen molar-refractivity contribution in [2.24, 2.45) is 5.41 Å². The van der Waals surface area contributed by atoms with Crippen LogP contribution in [0.1, 0.15) is 49.7 Å². The molecule has 1 heterocycles. The predicted octanol–water partition coefficient (Wildman–Crippen LogP) is 3.98. The Kier molecular flexibility index (Phi) is 5.75. The highest BCUT2D eigenvalue weighted by atomic mass is 35.5. The number of halogens is 1. The summed E-state index contributed by atoms with van der Waals surface area (Å²) >= 11 is 6.25. The van der Waals surface area contributed by atoms with E-state index < -0.39 is 17.1 Å². The second-order valence-corrected chi connectivity index (χ2v) is 9.40. The number of fused-ring (bicyclic) bond motifs is 1. The van der Waals surface area contributed by atoms with Gasteiger partial charge in [-0.15, -0.1) is 0 Å². The lowest BCUT2D eigenvalue weighted by Crippen LogP contribution is -2.39. The minimum atomic E-state index is -0.912. The van der Waals surface area contributed by atoms with Gasteiger partial charge in [0.1, 0.15) is 23.4 Å². The number of benzene rings is 2. The number of para-hydroxylation sites is 1. The van der Waals surface area contributed by atoms with Gasteiger partial charge in [-0.2, -0.15) is 0 Å². The Morgan fingerprint density at radius 1 is 1.12 bits per heavy atom. The molecule has 0 fully saturated rings. The van der Waals surface area contributed by atoms with E-state index in [0.717, 1.165) is 11.1 Å². The maximum Gasteiger partial charge on any atom is 0.253 e. The van der Waals surface area contributed by atoms with Crippen LogP contribution in [-0.4, -0.2) is 12.2 Å². The van der Waals surface area contributed by atoms with Crippen molar-refractivity contribution >= 4 is 28.7 Å². The van der Waals surface area contributed by atoms with Crippen LogP contribution < -0.4 is 31.5 Å². The molecule has 0 bridgehead atoms. The predicted molar refractivity (Wildman–Crippen MR) is 127 cm³/mol. The number of hydrogen-bond acceptors (Lipinski definition) is 7. The first kappa shape index (κ1) is 22.3. The Hall–Kier alpha value is -2.87. The molecule has 0 aliphatic carbocycles. The van der Waals surface area contributed by atoms with Gasteiger partial charge < -0.3 is 20.5 Å². The molecule has 168 valence electrons. The highest BCUT2D eigenvalue weighted by Crippen LogP contribution is 2.41. The Labute approximate surface area is 191 Å². The summed E-state index contributed by atoms with van der Waals surface area (Å²) < 4.78 is 5.53. The standard InChI is InChI=1S/C24H26ClN3O4/c1-24(2,3)22(12-7-5-6-8-16(12)32-4)28-19-18(20(29)21(19)30)27-15-10-9-14(25)13-11-26-23(31)17(13)15/h5-10,22-23,26-28,31H,11H2,1-4H3. The number of aliphatic hydroxyl groups excluding tert-OH is 1. The summed E-state index contributed by atoms with van der Waals surface area (Å²) in [7, 11) is 1.60. The number of nitrogens with one attached hydrogen (secondary N) is 3. The Morgan fingerprint density at radius 2 is 1.81 bits per heavy atom. The molecular formula is C24H26ClN3O4. The Morgan fingerprint density at radius 3 is 2.50 bits per heavy atom. The molecule has 0 saturated heterocycles. The monoisotopic (exact) mass is 455 g/mol. The third kappa shape index (κ3) is 3.77. The maximum atomic E-state index is 12.5. The fraction of sp³-hybridized carbons (Fsp3) is 0.333. The number of ether oxygens (including phenoxy) is 1. The lowest BCUT2D eigenvalue weighted by atomic mass is 9.81. The van der Waals surface area contributed by atoms with Gasteiger partial charge in [0.2, 0.25) is 0 Å². The van der Waals surface area contributed by atoms with Gasteiger partial charge in [-0.05, 0) is 29.2 Å². The van der Waals surface area contributed by atoms with Gasteiger partial charge in [-0.25, -0.2) is 0 Å². The molecule has 2 atom stereocenters. The second kappa shape index (κ2) is 8.24. The normalized spacial score (nSPS) is 16.6. The minimum absolute atomic E-state index is 0.169. The summed E-state index contributed by atoms with van der Waals surface area (Å²) in [6.07, 6.45) is -0.912. The molecule has 32 heavy (non-hydrogen) atoms. The van der Waals surface area contributed by atoms with Crippen LogP contribution in [0.25, 0.3) is 0 Å². The van der Waals surface area contributed by atoms with Crippen LogP contribution in [-0.2, 0) is 6.54 Å². The summed E-state index contributed by atoms with van der Waals surface area (Å²) in [5.74, 6) is 0.692. The summed E-state index contributed by atoms with van der Waals surface area (Å²) in [5.41, 5.74) is 1.65. The number of aliphatic hydroxyl groups is 1. The smallest absolute Gasteiger partial charge is 0.253 e. The zero-order valence-corrected chi connectivity index (χ0v) is 19.1. The molecule has 0 amide bonds. The van der Waals surface area contributed by atoms with Gasteiger partial charge >= 0.3 is 0 Å². The summed E-state index contributed by atoms with van der Waals surface area (Å²) in [5, 5.41) is 20.1. The van der Waals surface area contributed by atoms with Crippen molar-refractivity contribution in [2.75, 3.05) is 17.7 Å². The van der Waals surface area contributed by atoms with E-state index in [-0.39, 0.29) is 22.8 Å². The molecule has 4 rings (SSSR count). The molecule has 0 radical (unpaired) electrons. The average Bonchev–Trinajstić information content (AvgIpc) is 3.16. The van der Waals surface area contributed by atoms with E-state index in [4.69, 9.17) is 16.3 Å². The van der Waals surface area contributed by atoms with E-state index in [0.29, 0.717) is 28.6 Å². The lowest BCUT2D eigenvalue weighted by molar-refractivity contribution is 0.152. The molecule has 8 heteroatoms. The SMILES string of the molecule is COc1ccccc1C(Nc1c(Nc2ccc(Cl)c3c2C(O)NC3)c(=O)c1=O)C(C)(C)C. The van der Waals surface area contributed by atoms with Crippen molar-refractivity contribution in [1.29, 1.82) is 0 Å². The molecule has 3 aromatic carbocycles. The van der Waals surface area contributed by atoms with Crippen molar-refractivity contribution in [3.05, 3.63) is 78.6 Å². The van der Waals surface area contributed by atoms with Crippen molar-refractivity contribution in [1.82, 2.24) is 5.32 Å². The van der Waals surface area contributed by atoms with Crippen LogP contribution in [0, 0.1) is 5.41 Å². The molecule has 3 aromatic rings. The Balaban J connectivity index is 1.72. The quantitative estimate of drug-likeness (QED) is 0.417. The molecule has 0 aromatic heterocycles. The van der Waals surface area contributed by atoms with Gasteiger partial charge in [0.25, 0.3) is 10.9 Å². The molecule has 0 spiro atoms. The van der Waals surface area contributed by atoms with Crippen molar-refractivity contribution < 1.29 is 9.84 Å². The Bertz CT molecular complexity index is 1240. The fourth-order valence-electron chi connectivity index (χ4n) is 4.13. The number of methoxy groups -OCH3 is 1. The highest BCUT2D eigenvalue weighted by molar-refractivity contribution is 6.31. The first-order valence-corrected chi connectivity index (χ1v) is 10.7. The van der Waals surface area contributed by atoms with Crippen LogP contribution in [0.2, 0.25) is 5.02 Å². The molecular weight excluding hydrogens is 430 g/mol. The largest absolute Gasteiger partial charge is 0.496 e. The number of hydrogen-bond donors (Lipinski definition) is 4. The molecule has 2 unspecified atom stereocenters. The maximum absolute atomic E-state index is 12.5. The van der Waals surface area contributed by atoms with Crippen LogP contribution in [0.4, 0.5) is 17.1 Å². The number of anilines is 3. The lowest BCUT2D eigenvalue weighted by Gasteiger charge is -2.34. The molecule has 4 N–H and O–H groups in total. The van der Waals surface area contributed by atoms with Crippen LogP contribution in [0.15, 0.2) is 46.0 Å². The van der Waals surface area contributed by atoms with Gasteiger partial charge in [0.15, 0.2) is 0 Å². The van der Waals surface area contributed by atoms with Gasteiger partial charge in [0.05, 0.1) is 13.2 Å².